The van der Waals surface area contributed by atoms with Gasteiger partial charge in [-0.15, -0.1) is 0 Å². The molecule has 14 aromatic rings. The van der Waals surface area contributed by atoms with Gasteiger partial charge in [0, 0.05) is 77.9 Å². The average molecular weight is 1680 g/mol. The Bertz CT molecular complexity index is 5550. The molecule has 0 radical (unpaired) electrons. The van der Waals surface area contributed by atoms with Crippen LogP contribution in [-0.4, -0.2) is 18.3 Å². The Morgan fingerprint density at radius 1 is 0.254 bits per heavy atom. The van der Waals surface area contributed by atoms with Crippen LogP contribution >= 0.6 is 31.9 Å². The highest BCUT2D eigenvalue weighted by Gasteiger charge is 2.52. The molecule has 4 nitrogen and oxygen atoms in total. The van der Waals surface area contributed by atoms with Gasteiger partial charge in [-0.25, -0.2) is 0 Å². The molecule has 0 spiro atoms. The van der Waals surface area contributed by atoms with E-state index in [-0.39, 0.29) is 21.7 Å². The summed E-state index contributed by atoms with van der Waals surface area (Å²) in [5, 5.41) is 0. The zero-order valence-electron chi connectivity index (χ0n) is 71.8. The number of benzene rings is 10. The topological polar surface area (TPSA) is 19.7 Å². The highest BCUT2D eigenvalue weighted by Crippen LogP contribution is 2.62. The lowest BCUT2D eigenvalue weighted by Gasteiger charge is -2.33. The fraction of sp³-hybridized carbons (Fsp3) is 0.321. The van der Waals surface area contributed by atoms with E-state index in [1.807, 2.05) is 0 Å². The molecule has 18 rings (SSSR count). The second kappa shape index (κ2) is 37.3. The van der Waals surface area contributed by atoms with E-state index in [2.05, 4.69) is 411 Å². The van der Waals surface area contributed by atoms with Crippen molar-refractivity contribution in [2.24, 2.45) is 28.2 Å². The lowest BCUT2D eigenvalue weighted by Crippen LogP contribution is -2.28. The van der Waals surface area contributed by atoms with Crippen molar-refractivity contribution in [1.82, 2.24) is 18.3 Å². The monoisotopic (exact) mass is 1680 g/mol. The summed E-state index contributed by atoms with van der Waals surface area (Å²) in [4.78, 5) is 0. The molecule has 4 aliphatic rings. The molecular formula is C112H122Br2N4. The molecule has 10 aromatic carbocycles. The molecule has 0 amide bonds. The van der Waals surface area contributed by atoms with Gasteiger partial charge in [0.05, 0.1) is 43.6 Å². The smallest absolute Gasteiger partial charge is 0.0852 e. The minimum atomic E-state index is -0.333. The molecule has 0 saturated carbocycles. The first kappa shape index (κ1) is 83.3. The van der Waals surface area contributed by atoms with Gasteiger partial charge >= 0.3 is 0 Å². The number of halogens is 2. The van der Waals surface area contributed by atoms with Crippen LogP contribution in [0.25, 0.3) is 45.0 Å². The van der Waals surface area contributed by atoms with E-state index in [4.69, 9.17) is 0 Å². The Balaban J connectivity index is 0.000000124. The third-order valence-electron chi connectivity index (χ3n) is 26.8. The molecule has 6 heteroatoms. The molecule has 4 heterocycles. The van der Waals surface area contributed by atoms with Crippen LogP contribution in [0.4, 0.5) is 0 Å². The maximum atomic E-state index is 3.76. The molecule has 0 atom stereocenters. The van der Waals surface area contributed by atoms with E-state index >= 15 is 0 Å². The molecular weight excluding hydrogens is 1560 g/mol. The van der Waals surface area contributed by atoms with Crippen LogP contribution in [0.1, 0.15) is 258 Å². The van der Waals surface area contributed by atoms with Gasteiger partial charge in [0.2, 0.25) is 0 Å². The maximum Gasteiger partial charge on any atom is 0.0852 e. The fourth-order valence-corrected chi connectivity index (χ4v) is 21.8. The minimum Gasteiger partial charge on any atom is -0.350 e. The molecule has 0 fully saturated rings. The summed E-state index contributed by atoms with van der Waals surface area (Å²) in [5.74, 6) is 0. The first-order chi connectivity index (χ1) is 57.8. The van der Waals surface area contributed by atoms with Gasteiger partial charge in [0.15, 0.2) is 0 Å². The molecule has 118 heavy (non-hydrogen) atoms. The predicted octanol–water partition coefficient (Wildman–Crippen LogP) is 30.3. The fourth-order valence-electron chi connectivity index (χ4n) is 21.0. The van der Waals surface area contributed by atoms with Crippen molar-refractivity contribution in [3.05, 3.63) is 401 Å². The zero-order valence-corrected chi connectivity index (χ0v) is 75.0. The third kappa shape index (κ3) is 15.1. The summed E-state index contributed by atoms with van der Waals surface area (Å²) in [6, 6.07) is 106. The summed E-state index contributed by atoms with van der Waals surface area (Å²) in [6.45, 7) is 13.9. The van der Waals surface area contributed by atoms with Crippen molar-refractivity contribution >= 4 is 31.9 Å². The number of aryl methyl sites for hydroxylation is 5. The Morgan fingerprint density at radius 2 is 0.602 bits per heavy atom. The van der Waals surface area contributed by atoms with Crippen molar-refractivity contribution in [2.75, 3.05) is 0 Å². The second-order valence-electron chi connectivity index (χ2n) is 34.0. The van der Waals surface area contributed by atoms with Crippen LogP contribution < -0.4 is 0 Å². The van der Waals surface area contributed by atoms with Crippen molar-refractivity contribution in [2.45, 2.75) is 204 Å². The van der Waals surface area contributed by atoms with Crippen LogP contribution in [0, 0.1) is 0 Å². The van der Waals surface area contributed by atoms with E-state index in [1.165, 1.54) is 240 Å². The molecule has 4 aromatic heterocycles. The molecule has 604 valence electrons. The third-order valence-corrected chi connectivity index (χ3v) is 28.1. The Hall–Kier alpha value is -9.72. The summed E-state index contributed by atoms with van der Waals surface area (Å²) in [7, 11) is 8.87. The zero-order chi connectivity index (χ0) is 82.0. The molecule has 0 unspecified atom stereocenters. The second-order valence-corrected chi connectivity index (χ2v) is 35.7. The Labute approximate surface area is 723 Å². The van der Waals surface area contributed by atoms with Crippen molar-refractivity contribution < 1.29 is 0 Å². The van der Waals surface area contributed by atoms with Crippen LogP contribution in [0.15, 0.2) is 300 Å². The Kier molecular flexibility index (Phi) is 26.3. The van der Waals surface area contributed by atoms with E-state index in [0.717, 1.165) is 21.9 Å². The molecule has 0 bridgehead atoms. The van der Waals surface area contributed by atoms with Gasteiger partial charge in [-0.05, 0) is 206 Å². The van der Waals surface area contributed by atoms with Gasteiger partial charge in [0.25, 0.3) is 0 Å². The first-order valence-electron chi connectivity index (χ1n) is 44.7. The molecule has 0 N–H and O–H groups in total. The van der Waals surface area contributed by atoms with E-state index in [1.54, 1.807) is 33.6 Å². The Morgan fingerprint density at radius 3 is 1.05 bits per heavy atom. The van der Waals surface area contributed by atoms with Gasteiger partial charge in [-0.3, -0.25) is 0 Å². The van der Waals surface area contributed by atoms with E-state index in [0.29, 0.717) is 0 Å². The standard InChI is InChI=1S/C32H35N.C32H51N.C24H17Br2N.C24H19N/c1-4-6-14-24-20-21-28-29(22-24)32(25-15-10-8-11-16-25,26-17-12-9-13-18-26)30-23-27(19-7-5-2)33(3)31(28)30;1-6-10-14-16-22-32(23-17-15-11-7-2)29-24-26(18-12-8-3)20-21-28(29)31-30(32)25-27(33(31)5)19-13-9-4;1-27-22(26)15-21-23(27)19-13-12-18(25)14-20(19)24(21,16-8-4-2-5-9-16)17-10-6-3-7-11-17;1-25-17-16-22-23(25)20-14-8-9-15-21(20)24(22,18-10-4-2-5-11-18)19-12-6-3-7-13-19/h8-13,15-18,20-23H,4-7,14,19H2,1-3H3;20-21,24-25H,6-19,22-23H2,1-5H3;2-15H,1H3;2-17H,1H3. The summed E-state index contributed by atoms with van der Waals surface area (Å²) < 4.78 is 11.7. The number of rotatable bonds is 28. The maximum absolute atomic E-state index is 3.76. The average Bonchev–Trinajstić information content (AvgIpc) is 1.54. The van der Waals surface area contributed by atoms with E-state index < -0.39 is 0 Å². The lowest BCUT2D eigenvalue weighted by molar-refractivity contribution is 0.401. The van der Waals surface area contributed by atoms with Gasteiger partial charge in [0.1, 0.15) is 0 Å². The van der Waals surface area contributed by atoms with Crippen LogP contribution in [-0.2, 0) is 75.5 Å². The number of hydrogen-bond donors (Lipinski definition) is 0. The van der Waals surface area contributed by atoms with E-state index in [9.17, 15) is 0 Å². The first-order valence-corrected chi connectivity index (χ1v) is 46.3. The normalized spacial score (nSPS) is 13.9. The van der Waals surface area contributed by atoms with Gasteiger partial charge < -0.3 is 18.3 Å². The van der Waals surface area contributed by atoms with Crippen LogP contribution in [0.3, 0.4) is 0 Å². The predicted molar refractivity (Wildman–Crippen MR) is 507 cm³/mol. The minimum absolute atomic E-state index is 0.233. The summed E-state index contributed by atoms with van der Waals surface area (Å²) in [5.41, 5.74) is 36.0. The SMILES string of the molecule is CCCCCCC1(CCCCCC)c2cc(CCCC)ccc2-c2c1cc(CCCC)n2C.CCCCc1ccc2c(c1)C(c1ccccc1)(c1ccccc1)c1cc(CCCC)n(C)c1-2.Cn1c(Br)cc2c1-c1ccc(Br)cc1C2(c1ccccc1)c1ccccc1.Cn1ccc2c1-c1ccccc1C2(c1ccccc1)c1ccccc1. The van der Waals surface area contributed by atoms with Gasteiger partial charge in [-0.1, -0.05) is 383 Å². The van der Waals surface area contributed by atoms with Crippen molar-refractivity contribution in [1.29, 1.82) is 0 Å². The number of unbranched alkanes of at least 4 members (excludes halogenated alkanes) is 10. The van der Waals surface area contributed by atoms with Crippen molar-refractivity contribution in [3.8, 4) is 45.0 Å². The number of fused-ring (bicyclic) bond motifs is 12. The highest BCUT2D eigenvalue weighted by atomic mass is 79.9. The lowest BCUT2D eigenvalue weighted by atomic mass is 9.67. The highest BCUT2D eigenvalue weighted by molar-refractivity contribution is 9.10. The van der Waals surface area contributed by atoms with Crippen LogP contribution in [0.2, 0.25) is 0 Å². The number of aromatic nitrogens is 4. The van der Waals surface area contributed by atoms with Crippen molar-refractivity contribution in [3.63, 3.8) is 0 Å². The summed E-state index contributed by atoms with van der Waals surface area (Å²) in [6.07, 6.45) is 30.4. The summed E-state index contributed by atoms with van der Waals surface area (Å²) >= 11 is 7.47. The number of nitrogens with zero attached hydrogens (tertiary/aromatic N) is 4. The molecule has 4 aliphatic carbocycles. The number of hydrogen-bond acceptors (Lipinski definition) is 0. The van der Waals surface area contributed by atoms with Gasteiger partial charge in [-0.2, -0.15) is 0 Å². The quantitative estimate of drug-likeness (QED) is 0.0436. The molecule has 0 aliphatic heterocycles. The largest absolute Gasteiger partial charge is 0.350 e. The van der Waals surface area contributed by atoms with Crippen LogP contribution in [0.5, 0.6) is 0 Å². The molecule has 0 saturated heterocycles.